The Bertz CT molecular complexity index is 214. The molecule has 0 aromatic rings. The molecular weight excluding hydrogens is 201 g/mol. The first kappa shape index (κ1) is 15.9. The van der Waals surface area contributed by atoms with E-state index in [4.69, 9.17) is 0 Å². The monoisotopic (exact) mass is 231 g/mol. The first-order valence-corrected chi connectivity index (χ1v) is 6.17. The molecule has 0 amide bonds. The quantitative estimate of drug-likeness (QED) is 0.752. The van der Waals surface area contributed by atoms with E-state index < -0.39 is 6.17 Å². The van der Waals surface area contributed by atoms with Crippen LogP contribution < -0.4 is 5.32 Å². The lowest BCUT2D eigenvalue weighted by atomic mass is 9.74. The van der Waals surface area contributed by atoms with Crippen molar-refractivity contribution in [3.05, 3.63) is 0 Å². The summed E-state index contributed by atoms with van der Waals surface area (Å²) in [5.41, 5.74) is -0.469. The molecule has 0 fully saturated rings. The van der Waals surface area contributed by atoms with E-state index in [2.05, 4.69) is 46.9 Å². The van der Waals surface area contributed by atoms with Crippen molar-refractivity contribution < 1.29 is 4.39 Å². The largest absolute Gasteiger partial charge is 0.306 e. The second kappa shape index (κ2) is 4.64. The van der Waals surface area contributed by atoms with E-state index in [1.807, 2.05) is 20.8 Å². The zero-order chi connectivity index (χ0) is 13.4. The number of hydrogen-bond donors (Lipinski definition) is 1. The van der Waals surface area contributed by atoms with E-state index in [0.29, 0.717) is 0 Å². The lowest BCUT2D eigenvalue weighted by molar-refractivity contribution is 0.0481. The van der Waals surface area contributed by atoms with Crippen molar-refractivity contribution in [3.63, 3.8) is 0 Å². The Kier molecular flexibility index (Phi) is 4.61. The van der Waals surface area contributed by atoms with Crippen LogP contribution in [0.15, 0.2) is 0 Å². The van der Waals surface area contributed by atoms with Gasteiger partial charge in [0.25, 0.3) is 0 Å². The van der Waals surface area contributed by atoms with Gasteiger partial charge in [-0.2, -0.15) is 0 Å². The maximum absolute atomic E-state index is 14.5. The van der Waals surface area contributed by atoms with E-state index in [0.717, 1.165) is 0 Å². The van der Waals surface area contributed by atoms with Gasteiger partial charge in [0.2, 0.25) is 0 Å². The van der Waals surface area contributed by atoms with Gasteiger partial charge in [-0.1, -0.05) is 41.5 Å². The summed E-state index contributed by atoms with van der Waals surface area (Å²) in [6, 6.07) is -0.132. The number of alkyl halides is 1. The van der Waals surface area contributed by atoms with Gasteiger partial charge in [-0.3, -0.25) is 0 Å². The van der Waals surface area contributed by atoms with Crippen LogP contribution in [0.1, 0.15) is 62.3 Å². The molecule has 0 aliphatic heterocycles. The van der Waals surface area contributed by atoms with Crippen molar-refractivity contribution in [2.24, 2.45) is 10.8 Å². The molecule has 0 bridgehead atoms. The summed E-state index contributed by atoms with van der Waals surface area (Å²) >= 11 is 0. The second-order valence-electron chi connectivity index (χ2n) is 8.01. The van der Waals surface area contributed by atoms with E-state index in [-0.39, 0.29) is 22.4 Å². The zero-order valence-electron chi connectivity index (χ0n) is 12.5. The Morgan fingerprint density at radius 3 is 1.31 bits per heavy atom. The number of rotatable bonds is 2. The van der Waals surface area contributed by atoms with Gasteiger partial charge in [-0.15, -0.1) is 0 Å². The van der Waals surface area contributed by atoms with Gasteiger partial charge in [0.05, 0.1) is 0 Å². The summed E-state index contributed by atoms with van der Waals surface area (Å²) in [4.78, 5) is 0. The van der Waals surface area contributed by atoms with E-state index >= 15 is 0 Å². The van der Waals surface area contributed by atoms with Crippen LogP contribution in [0, 0.1) is 10.8 Å². The maximum Gasteiger partial charge on any atom is 0.121 e. The summed E-state index contributed by atoms with van der Waals surface area (Å²) in [6.07, 6.45) is -0.855. The van der Waals surface area contributed by atoms with Crippen molar-refractivity contribution in [3.8, 4) is 0 Å². The van der Waals surface area contributed by atoms with Gasteiger partial charge in [0.1, 0.15) is 6.17 Å². The molecule has 1 N–H and O–H groups in total. The third kappa shape index (κ3) is 5.29. The molecule has 0 aliphatic rings. The average molecular weight is 231 g/mol. The van der Waals surface area contributed by atoms with Gasteiger partial charge < -0.3 is 5.32 Å². The summed E-state index contributed by atoms with van der Waals surface area (Å²) < 4.78 is 14.5. The van der Waals surface area contributed by atoms with Crippen molar-refractivity contribution >= 4 is 0 Å². The predicted molar refractivity (Wildman–Crippen MR) is 70.5 cm³/mol. The van der Waals surface area contributed by atoms with Crippen LogP contribution in [0.5, 0.6) is 0 Å². The topological polar surface area (TPSA) is 12.0 Å². The van der Waals surface area contributed by atoms with Crippen LogP contribution in [0.3, 0.4) is 0 Å². The third-order valence-electron chi connectivity index (χ3n) is 2.64. The molecule has 0 saturated heterocycles. The first-order chi connectivity index (χ1) is 6.75. The molecule has 2 atom stereocenters. The molecule has 2 heteroatoms. The summed E-state index contributed by atoms with van der Waals surface area (Å²) in [7, 11) is 0. The normalized spacial score (nSPS) is 18.4. The molecule has 0 radical (unpaired) electrons. The third-order valence-corrected chi connectivity index (χ3v) is 2.64. The Balaban J connectivity index is 4.98. The molecule has 0 rings (SSSR count). The Morgan fingerprint density at radius 2 is 1.12 bits per heavy atom. The highest BCUT2D eigenvalue weighted by Gasteiger charge is 2.40. The lowest BCUT2D eigenvalue weighted by Gasteiger charge is -2.43. The molecule has 0 aliphatic carbocycles. The fraction of sp³-hybridized carbons (Fsp3) is 1.00. The van der Waals surface area contributed by atoms with Crippen LogP contribution in [-0.4, -0.2) is 17.8 Å². The molecule has 98 valence electrons. The van der Waals surface area contributed by atoms with Crippen molar-refractivity contribution in [1.82, 2.24) is 5.32 Å². The van der Waals surface area contributed by atoms with Crippen LogP contribution in [0.2, 0.25) is 0 Å². The molecule has 0 aromatic heterocycles. The molecule has 1 nitrogen and oxygen atoms in total. The van der Waals surface area contributed by atoms with Gasteiger partial charge in [0, 0.05) is 11.6 Å². The zero-order valence-corrected chi connectivity index (χ0v) is 12.5. The summed E-state index contributed by atoms with van der Waals surface area (Å²) in [5.74, 6) is 0. The number of hydrogen-bond acceptors (Lipinski definition) is 1. The molecule has 0 spiro atoms. The average Bonchev–Trinajstić information content (AvgIpc) is 1.93. The minimum atomic E-state index is -0.855. The standard InChI is InChI=1S/C14H30FN/c1-12(2,3)10(15)11(13(4,5)6)16-14(7,8)9/h10-11,16H,1-9H3. The van der Waals surface area contributed by atoms with Crippen molar-refractivity contribution in [2.75, 3.05) is 0 Å². The minimum absolute atomic E-state index is 0.0620. The van der Waals surface area contributed by atoms with Crippen molar-refractivity contribution in [2.45, 2.75) is 80.1 Å². The van der Waals surface area contributed by atoms with Crippen LogP contribution >= 0.6 is 0 Å². The first-order valence-electron chi connectivity index (χ1n) is 6.17. The highest BCUT2D eigenvalue weighted by atomic mass is 19.1. The molecule has 0 saturated carbocycles. The Labute approximate surface area is 101 Å². The highest BCUT2D eigenvalue weighted by Crippen LogP contribution is 2.34. The molecule has 2 unspecified atom stereocenters. The molecule has 0 aromatic carbocycles. The molecule has 16 heavy (non-hydrogen) atoms. The molecular formula is C14H30FN. The SMILES string of the molecule is CC(C)(C)NC(C(F)C(C)(C)C)C(C)(C)C. The smallest absolute Gasteiger partial charge is 0.121 e. The van der Waals surface area contributed by atoms with Gasteiger partial charge in [-0.25, -0.2) is 4.39 Å². The Hall–Kier alpha value is -0.110. The second-order valence-corrected chi connectivity index (χ2v) is 8.01. The van der Waals surface area contributed by atoms with Gasteiger partial charge in [-0.05, 0) is 31.6 Å². The predicted octanol–water partition coefficient (Wildman–Crippen LogP) is 4.17. The van der Waals surface area contributed by atoms with Gasteiger partial charge >= 0.3 is 0 Å². The minimum Gasteiger partial charge on any atom is -0.306 e. The lowest BCUT2D eigenvalue weighted by Crippen LogP contribution is -2.57. The van der Waals surface area contributed by atoms with E-state index in [9.17, 15) is 4.39 Å². The fourth-order valence-electron chi connectivity index (χ4n) is 1.70. The highest BCUT2D eigenvalue weighted by molar-refractivity contribution is 4.95. The van der Waals surface area contributed by atoms with Crippen molar-refractivity contribution in [1.29, 1.82) is 0 Å². The maximum atomic E-state index is 14.5. The Morgan fingerprint density at radius 1 is 0.750 bits per heavy atom. The van der Waals surface area contributed by atoms with Gasteiger partial charge in [0.15, 0.2) is 0 Å². The van der Waals surface area contributed by atoms with E-state index in [1.54, 1.807) is 0 Å². The van der Waals surface area contributed by atoms with Crippen LogP contribution in [-0.2, 0) is 0 Å². The number of nitrogens with one attached hydrogen (secondary N) is 1. The van der Waals surface area contributed by atoms with Crippen LogP contribution in [0.4, 0.5) is 4.39 Å². The summed E-state index contributed by atoms with van der Waals surface area (Å²) in [6.45, 7) is 18.4. The van der Waals surface area contributed by atoms with E-state index in [1.165, 1.54) is 0 Å². The van der Waals surface area contributed by atoms with Crippen LogP contribution in [0.25, 0.3) is 0 Å². The summed E-state index contributed by atoms with van der Waals surface area (Å²) in [5, 5.41) is 3.43. The fourth-order valence-corrected chi connectivity index (χ4v) is 1.70. The molecule has 0 heterocycles. The number of halogens is 1.